The topological polar surface area (TPSA) is 95.7 Å². The molecular formula is C12H12N6O. The molecule has 0 aromatic carbocycles. The van der Waals surface area contributed by atoms with Crippen LogP contribution < -0.4 is 5.73 Å². The predicted octanol–water partition coefficient (Wildman–Crippen LogP) is 1.48. The zero-order chi connectivity index (χ0) is 13.0. The highest BCUT2D eigenvalue weighted by Crippen LogP contribution is 2.41. The molecule has 0 amide bonds. The van der Waals surface area contributed by atoms with Gasteiger partial charge in [0.15, 0.2) is 5.65 Å². The second-order valence-corrected chi connectivity index (χ2v) is 4.82. The third-order valence-electron chi connectivity index (χ3n) is 3.40. The molecule has 4 rings (SSSR count). The van der Waals surface area contributed by atoms with Crippen molar-refractivity contribution in [3.05, 3.63) is 18.2 Å². The first kappa shape index (κ1) is 10.5. The van der Waals surface area contributed by atoms with E-state index in [0.717, 1.165) is 11.1 Å². The van der Waals surface area contributed by atoms with Crippen LogP contribution in [0.5, 0.6) is 0 Å². The zero-order valence-corrected chi connectivity index (χ0v) is 10.4. The van der Waals surface area contributed by atoms with Gasteiger partial charge in [0, 0.05) is 19.0 Å². The average Bonchev–Trinajstić information content (AvgIpc) is 3.03. The molecule has 19 heavy (non-hydrogen) atoms. The Balaban J connectivity index is 1.93. The molecule has 1 fully saturated rings. The quantitative estimate of drug-likeness (QED) is 0.746. The minimum absolute atomic E-state index is 0.407. The van der Waals surface area contributed by atoms with Gasteiger partial charge in [-0.2, -0.15) is 5.10 Å². The number of fused-ring (bicyclic) bond motifs is 1. The minimum Gasteiger partial charge on any atom is -0.383 e. The van der Waals surface area contributed by atoms with Crippen molar-refractivity contribution >= 4 is 16.9 Å². The van der Waals surface area contributed by atoms with E-state index in [0.29, 0.717) is 28.8 Å². The molecular weight excluding hydrogens is 244 g/mol. The summed E-state index contributed by atoms with van der Waals surface area (Å²) in [7, 11) is 1.82. The summed E-state index contributed by atoms with van der Waals surface area (Å²) < 4.78 is 7.03. The number of hydrogen-bond acceptors (Lipinski definition) is 6. The Bertz CT molecular complexity index is 770. The molecule has 1 aliphatic carbocycles. The van der Waals surface area contributed by atoms with Crippen LogP contribution in [0.3, 0.4) is 0 Å². The van der Waals surface area contributed by atoms with E-state index >= 15 is 0 Å². The van der Waals surface area contributed by atoms with Crippen LogP contribution in [0.25, 0.3) is 22.4 Å². The van der Waals surface area contributed by atoms with Crippen molar-refractivity contribution in [2.45, 2.75) is 18.8 Å². The number of aromatic nitrogens is 5. The standard InChI is InChI=1S/C12H12N6O/c1-18-12-9(11(13)14-5-15-12)10(16-18)7-4-8(19-17-7)6-2-3-6/h4-6H,2-3H2,1H3,(H2,13,14,15). The molecule has 0 unspecified atom stereocenters. The highest BCUT2D eigenvalue weighted by Gasteiger charge is 2.29. The summed E-state index contributed by atoms with van der Waals surface area (Å²) in [6.45, 7) is 0. The van der Waals surface area contributed by atoms with Crippen molar-refractivity contribution in [3.63, 3.8) is 0 Å². The van der Waals surface area contributed by atoms with E-state index in [1.807, 2.05) is 13.1 Å². The molecule has 96 valence electrons. The molecule has 0 bridgehead atoms. The van der Waals surface area contributed by atoms with Gasteiger partial charge in [0.05, 0.1) is 5.39 Å². The van der Waals surface area contributed by atoms with Gasteiger partial charge in [-0.15, -0.1) is 0 Å². The smallest absolute Gasteiger partial charge is 0.163 e. The summed E-state index contributed by atoms with van der Waals surface area (Å²) >= 11 is 0. The number of nitrogens with zero attached hydrogens (tertiary/aromatic N) is 5. The summed E-state index contributed by atoms with van der Waals surface area (Å²) in [5.41, 5.74) is 7.98. The first-order valence-corrected chi connectivity index (χ1v) is 6.14. The molecule has 0 aliphatic heterocycles. The fourth-order valence-electron chi connectivity index (χ4n) is 2.25. The van der Waals surface area contributed by atoms with Crippen molar-refractivity contribution in [1.82, 2.24) is 24.9 Å². The molecule has 7 nitrogen and oxygen atoms in total. The molecule has 3 aromatic rings. The molecule has 0 atom stereocenters. The van der Waals surface area contributed by atoms with Gasteiger partial charge in [-0.1, -0.05) is 5.16 Å². The fraction of sp³-hybridized carbons (Fsp3) is 0.333. The first-order chi connectivity index (χ1) is 9.24. The summed E-state index contributed by atoms with van der Waals surface area (Å²) in [5.74, 6) is 1.85. The van der Waals surface area contributed by atoms with Crippen LogP contribution in [0.2, 0.25) is 0 Å². The Morgan fingerprint density at radius 3 is 3.00 bits per heavy atom. The molecule has 1 aliphatic rings. The Morgan fingerprint density at radius 1 is 1.37 bits per heavy atom. The van der Waals surface area contributed by atoms with Crippen molar-refractivity contribution in [2.24, 2.45) is 7.05 Å². The first-order valence-electron chi connectivity index (χ1n) is 6.14. The maximum atomic E-state index is 5.92. The van der Waals surface area contributed by atoms with Gasteiger partial charge in [0.25, 0.3) is 0 Å². The maximum Gasteiger partial charge on any atom is 0.163 e. The van der Waals surface area contributed by atoms with Crippen LogP contribution in [-0.2, 0) is 7.05 Å². The lowest BCUT2D eigenvalue weighted by Gasteiger charge is -1.95. The molecule has 3 heterocycles. The molecule has 7 heteroatoms. The Hall–Kier alpha value is -2.44. The molecule has 0 saturated heterocycles. The number of nitrogen functional groups attached to an aromatic ring is 1. The van der Waals surface area contributed by atoms with Gasteiger partial charge in [-0.05, 0) is 12.8 Å². The van der Waals surface area contributed by atoms with E-state index in [9.17, 15) is 0 Å². The van der Waals surface area contributed by atoms with Crippen molar-refractivity contribution in [3.8, 4) is 11.4 Å². The average molecular weight is 256 g/mol. The summed E-state index contributed by atoms with van der Waals surface area (Å²) in [5, 5.41) is 9.24. The van der Waals surface area contributed by atoms with Gasteiger partial charge in [0.1, 0.15) is 29.3 Å². The van der Waals surface area contributed by atoms with E-state index in [4.69, 9.17) is 10.3 Å². The maximum absolute atomic E-state index is 5.92. The highest BCUT2D eigenvalue weighted by molar-refractivity contribution is 5.97. The van der Waals surface area contributed by atoms with Crippen molar-refractivity contribution in [1.29, 1.82) is 0 Å². The zero-order valence-electron chi connectivity index (χ0n) is 10.4. The van der Waals surface area contributed by atoms with E-state index in [1.54, 1.807) is 4.68 Å². The highest BCUT2D eigenvalue weighted by atomic mass is 16.5. The van der Waals surface area contributed by atoms with Gasteiger partial charge >= 0.3 is 0 Å². The lowest BCUT2D eigenvalue weighted by molar-refractivity contribution is 0.386. The lowest BCUT2D eigenvalue weighted by atomic mass is 10.2. The Morgan fingerprint density at radius 2 is 2.21 bits per heavy atom. The van der Waals surface area contributed by atoms with Gasteiger partial charge in [0.2, 0.25) is 0 Å². The molecule has 0 spiro atoms. The van der Waals surface area contributed by atoms with Crippen molar-refractivity contribution in [2.75, 3.05) is 5.73 Å². The van der Waals surface area contributed by atoms with Gasteiger partial charge in [-0.25, -0.2) is 14.6 Å². The van der Waals surface area contributed by atoms with E-state index in [-0.39, 0.29) is 0 Å². The summed E-state index contributed by atoms with van der Waals surface area (Å²) in [6, 6.07) is 1.94. The van der Waals surface area contributed by atoms with E-state index in [1.165, 1.54) is 19.2 Å². The molecule has 0 radical (unpaired) electrons. The van der Waals surface area contributed by atoms with Crippen LogP contribution in [0.15, 0.2) is 16.9 Å². The number of anilines is 1. The van der Waals surface area contributed by atoms with Gasteiger partial charge in [-0.3, -0.25) is 0 Å². The van der Waals surface area contributed by atoms with Crippen LogP contribution in [0.4, 0.5) is 5.82 Å². The normalized spacial score (nSPS) is 15.2. The summed E-state index contributed by atoms with van der Waals surface area (Å²) in [6.07, 6.45) is 3.77. The van der Waals surface area contributed by atoms with Crippen molar-refractivity contribution < 1.29 is 4.52 Å². The number of hydrogen-bond donors (Lipinski definition) is 1. The van der Waals surface area contributed by atoms with Gasteiger partial charge < -0.3 is 10.3 Å². The van der Waals surface area contributed by atoms with Crippen LogP contribution in [-0.4, -0.2) is 24.9 Å². The second-order valence-electron chi connectivity index (χ2n) is 4.82. The van der Waals surface area contributed by atoms with Crippen LogP contribution in [0.1, 0.15) is 24.5 Å². The van der Waals surface area contributed by atoms with Crippen LogP contribution in [0, 0.1) is 0 Å². The SMILES string of the molecule is Cn1nc(-c2cc(C3CC3)on2)c2c(N)ncnc21. The monoisotopic (exact) mass is 256 g/mol. The number of aryl methyl sites for hydroxylation is 1. The predicted molar refractivity (Wildman–Crippen MR) is 68.2 cm³/mol. The second kappa shape index (κ2) is 3.53. The minimum atomic E-state index is 0.407. The van der Waals surface area contributed by atoms with E-state index < -0.39 is 0 Å². The molecule has 1 saturated carbocycles. The largest absolute Gasteiger partial charge is 0.383 e. The third kappa shape index (κ3) is 1.51. The molecule has 3 aromatic heterocycles. The Labute approximate surface area is 108 Å². The van der Waals surface area contributed by atoms with Crippen LogP contribution >= 0.6 is 0 Å². The van der Waals surface area contributed by atoms with E-state index in [2.05, 4.69) is 20.2 Å². The Kier molecular flexibility index (Phi) is 1.95. The summed E-state index contributed by atoms with van der Waals surface area (Å²) in [4.78, 5) is 8.21. The molecule has 2 N–H and O–H groups in total. The third-order valence-corrected chi connectivity index (χ3v) is 3.40. The number of rotatable bonds is 2. The lowest BCUT2D eigenvalue weighted by Crippen LogP contribution is -1.95. The number of nitrogens with two attached hydrogens (primary N) is 1. The fourth-order valence-corrected chi connectivity index (χ4v) is 2.25.